The number of ether oxygens (including phenoxy) is 2. The van der Waals surface area contributed by atoms with Crippen molar-refractivity contribution in [2.75, 3.05) is 13.2 Å². The van der Waals surface area contributed by atoms with Gasteiger partial charge in [-0.1, -0.05) is 30.3 Å². The summed E-state index contributed by atoms with van der Waals surface area (Å²) in [5.74, 6) is -4.24. The van der Waals surface area contributed by atoms with Gasteiger partial charge in [0.05, 0.1) is 6.61 Å². The molecule has 0 radical (unpaired) electrons. The standard InChI is InChI=1S/C22H29N5O8/c1-4-34-19(30)11-10-18(29)27(12-17(23)28)26-21(32)15(3)24-20(31)14(2)25-22(33)35-13-16-8-6-5-7-9-16/h5-11,14-15H,4,12-13H2,1-3H3,(H2,23,28)(H,24,31)(H,25,33)(H,26,32)/t14-,15-/m0/s1. The Hall–Kier alpha value is -4.42. The number of carbonyl (C=O) groups excluding carboxylic acids is 6. The minimum atomic E-state index is -1.18. The molecule has 0 aliphatic heterocycles. The molecule has 0 bridgehead atoms. The summed E-state index contributed by atoms with van der Waals surface area (Å²) in [5.41, 5.74) is 8.00. The maximum atomic E-state index is 12.4. The smallest absolute Gasteiger partial charge is 0.408 e. The minimum Gasteiger partial charge on any atom is -0.463 e. The molecule has 1 aromatic carbocycles. The fourth-order valence-corrected chi connectivity index (χ4v) is 2.39. The Morgan fingerprint density at radius 2 is 1.57 bits per heavy atom. The number of hydrazine groups is 1. The van der Waals surface area contributed by atoms with Crippen LogP contribution in [0.25, 0.3) is 0 Å². The zero-order valence-corrected chi connectivity index (χ0v) is 19.6. The normalized spacial score (nSPS) is 12.1. The molecule has 0 spiro atoms. The van der Waals surface area contributed by atoms with E-state index in [0.717, 1.165) is 17.7 Å². The van der Waals surface area contributed by atoms with Crippen LogP contribution in [-0.2, 0) is 40.1 Å². The number of primary amides is 1. The van der Waals surface area contributed by atoms with Gasteiger partial charge in [-0.2, -0.15) is 0 Å². The van der Waals surface area contributed by atoms with Crippen molar-refractivity contribution < 1.29 is 38.2 Å². The van der Waals surface area contributed by atoms with Crippen molar-refractivity contribution in [1.82, 2.24) is 21.1 Å². The van der Waals surface area contributed by atoms with E-state index in [2.05, 4.69) is 20.8 Å². The van der Waals surface area contributed by atoms with Gasteiger partial charge in [0.2, 0.25) is 11.8 Å². The van der Waals surface area contributed by atoms with E-state index in [1.807, 2.05) is 6.07 Å². The van der Waals surface area contributed by atoms with Crippen LogP contribution in [0.15, 0.2) is 42.5 Å². The van der Waals surface area contributed by atoms with E-state index in [1.165, 1.54) is 13.8 Å². The first-order valence-electron chi connectivity index (χ1n) is 10.6. The highest BCUT2D eigenvalue weighted by Gasteiger charge is 2.24. The molecule has 0 heterocycles. The number of nitrogens with two attached hydrogens (primary N) is 1. The number of alkyl carbamates (subject to hydrolysis) is 1. The predicted octanol–water partition coefficient (Wildman–Crippen LogP) is -0.730. The van der Waals surface area contributed by atoms with Gasteiger partial charge >= 0.3 is 12.1 Å². The number of nitrogens with one attached hydrogen (secondary N) is 3. The van der Waals surface area contributed by atoms with E-state index in [4.69, 9.17) is 10.5 Å². The highest BCUT2D eigenvalue weighted by molar-refractivity contribution is 5.98. The first-order chi connectivity index (χ1) is 16.5. The van der Waals surface area contributed by atoms with Gasteiger partial charge in [-0.15, -0.1) is 0 Å². The van der Waals surface area contributed by atoms with E-state index in [1.54, 1.807) is 31.2 Å². The quantitative estimate of drug-likeness (QED) is 0.177. The molecule has 0 aliphatic rings. The SMILES string of the molecule is CCOC(=O)C=CC(=O)N(CC(N)=O)NC(=O)[C@H](C)NC(=O)[C@H](C)NC(=O)OCc1ccccc1. The topological polar surface area (TPSA) is 186 Å². The summed E-state index contributed by atoms with van der Waals surface area (Å²) in [4.78, 5) is 71.5. The van der Waals surface area contributed by atoms with E-state index in [9.17, 15) is 28.8 Å². The van der Waals surface area contributed by atoms with Crippen LogP contribution in [0.2, 0.25) is 0 Å². The van der Waals surface area contributed by atoms with Crippen molar-refractivity contribution in [2.24, 2.45) is 5.73 Å². The van der Waals surface area contributed by atoms with Gasteiger partial charge < -0.3 is 25.8 Å². The summed E-state index contributed by atoms with van der Waals surface area (Å²) in [6.45, 7) is 3.68. The lowest BCUT2D eigenvalue weighted by molar-refractivity contribution is -0.142. The molecule has 0 unspecified atom stereocenters. The second-order valence-electron chi connectivity index (χ2n) is 7.11. The van der Waals surface area contributed by atoms with Crippen LogP contribution < -0.4 is 21.8 Å². The van der Waals surface area contributed by atoms with Crippen molar-refractivity contribution in [1.29, 1.82) is 0 Å². The first kappa shape index (κ1) is 28.6. The number of rotatable bonds is 11. The number of benzene rings is 1. The Bertz CT molecular complexity index is 950. The Kier molecular flexibility index (Phi) is 12.0. The number of hydrogen-bond donors (Lipinski definition) is 4. The monoisotopic (exact) mass is 491 g/mol. The zero-order chi connectivity index (χ0) is 26.4. The van der Waals surface area contributed by atoms with Crippen LogP contribution in [0.1, 0.15) is 26.3 Å². The second-order valence-corrected chi connectivity index (χ2v) is 7.11. The molecule has 35 heavy (non-hydrogen) atoms. The van der Waals surface area contributed by atoms with Crippen molar-refractivity contribution in [3.8, 4) is 0 Å². The average Bonchev–Trinajstić information content (AvgIpc) is 2.81. The van der Waals surface area contributed by atoms with Gasteiger partial charge in [-0.3, -0.25) is 24.6 Å². The van der Waals surface area contributed by atoms with E-state index < -0.39 is 54.3 Å². The summed E-state index contributed by atoms with van der Waals surface area (Å²) in [6, 6.07) is 6.69. The third-order valence-corrected chi connectivity index (χ3v) is 4.17. The molecular formula is C22H29N5O8. The van der Waals surface area contributed by atoms with Crippen LogP contribution in [0.4, 0.5) is 4.79 Å². The van der Waals surface area contributed by atoms with Crippen LogP contribution >= 0.6 is 0 Å². The van der Waals surface area contributed by atoms with Crippen molar-refractivity contribution in [3.05, 3.63) is 48.0 Å². The van der Waals surface area contributed by atoms with Crippen LogP contribution in [0.3, 0.4) is 0 Å². The summed E-state index contributed by atoms with van der Waals surface area (Å²) in [5, 5.41) is 5.26. The Balaban J connectivity index is 2.60. The van der Waals surface area contributed by atoms with Gasteiger partial charge in [0.15, 0.2) is 0 Å². The Morgan fingerprint density at radius 3 is 2.17 bits per heavy atom. The third-order valence-electron chi connectivity index (χ3n) is 4.17. The molecule has 1 aromatic rings. The van der Waals surface area contributed by atoms with E-state index in [-0.39, 0.29) is 13.2 Å². The molecule has 0 saturated carbocycles. The molecule has 5 N–H and O–H groups in total. The molecule has 190 valence electrons. The summed E-state index contributed by atoms with van der Waals surface area (Å²) < 4.78 is 9.68. The number of carbonyl (C=O) groups is 6. The highest BCUT2D eigenvalue weighted by atomic mass is 16.5. The van der Waals surface area contributed by atoms with Gasteiger partial charge in [-0.05, 0) is 26.3 Å². The molecule has 13 nitrogen and oxygen atoms in total. The Labute approximate surface area is 201 Å². The number of esters is 1. The number of nitrogens with zero attached hydrogens (tertiary/aromatic N) is 1. The lowest BCUT2D eigenvalue weighted by Crippen LogP contribution is -2.56. The lowest BCUT2D eigenvalue weighted by Gasteiger charge is -2.24. The van der Waals surface area contributed by atoms with Gasteiger partial charge in [0.25, 0.3) is 11.8 Å². The second kappa shape index (κ2) is 14.7. The fourth-order valence-electron chi connectivity index (χ4n) is 2.39. The summed E-state index contributed by atoms with van der Waals surface area (Å²) in [7, 11) is 0. The first-order valence-corrected chi connectivity index (χ1v) is 10.6. The molecule has 13 heteroatoms. The summed E-state index contributed by atoms with van der Waals surface area (Å²) in [6.07, 6.45) is 0.777. The van der Waals surface area contributed by atoms with Gasteiger partial charge in [-0.25, -0.2) is 14.6 Å². The third kappa shape index (κ3) is 11.3. The maximum absolute atomic E-state index is 12.4. The number of amides is 5. The highest BCUT2D eigenvalue weighted by Crippen LogP contribution is 2.01. The van der Waals surface area contributed by atoms with Crippen molar-refractivity contribution in [3.63, 3.8) is 0 Å². The molecule has 2 atom stereocenters. The van der Waals surface area contributed by atoms with Gasteiger partial charge in [0.1, 0.15) is 25.2 Å². The fraction of sp³-hybridized carbons (Fsp3) is 0.364. The Morgan fingerprint density at radius 1 is 0.943 bits per heavy atom. The molecule has 0 fully saturated rings. The van der Waals surface area contributed by atoms with E-state index >= 15 is 0 Å². The average molecular weight is 492 g/mol. The van der Waals surface area contributed by atoms with Crippen LogP contribution in [0.5, 0.6) is 0 Å². The zero-order valence-electron chi connectivity index (χ0n) is 19.6. The molecular weight excluding hydrogens is 462 g/mol. The minimum absolute atomic E-state index is 0.00810. The largest absolute Gasteiger partial charge is 0.463 e. The molecule has 0 aliphatic carbocycles. The molecule has 5 amide bonds. The molecule has 0 saturated heterocycles. The number of hydrogen-bond acceptors (Lipinski definition) is 8. The van der Waals surface area contributed by atoms with E-state index in [0.29, 0.717) is 5.01 Å². The van der Waals surface area contributed by atoms with Crippen LogP contribution in [-0.4, -0.2) is 65.9 Å². The summed E-state index contributed by atoms with van der Waals surface area (Å²) >= 11 is 0. The maximum Gasteiger partial charge on any atom is 0.408 e. The lowest BCUT2D eigenvalue weighted by atomic mass is 10.2. The van der Waals surface area contributed by atoms with Crippen molar-refractivity contribution >= 4 is 35.7 Å². The molecule has 0 aromatic heterocycles. The predicted molar refractivity (Wildman–Crippen MR) is 122 cm³/mol. The molecule has 1 rings (SSSR count). The van der Waals surface area contributed by atoms with Crippen LogP contribution in [0, 0.1) is 0 Å². The van der Waals surface area contributed by atoms with Gasteiger partial charge in [0, 0.05) is 12.2 Å². The van der Waals surface area contributed by atoms with Crippen molar-refractivity contribution in [2.45, 2.75) is 39.5 Å².